The van der Waals surface area contributed by atoms with E-state index >= 15 is 0 Å². The van der Waals surface area contributed by atoms with Crippen molar-refractivity contribution in [3.05, 3.63) is 16.1 Å². The van der Waals surface area contributed by atoms with Gasteiger partial charge in [0, 0.05) is 24.5 Å². The third kappa shape index (κ3) is 5.97. The fourth-order valence-electron chi connectivity index (χ4n) is 2.70. The van der Waals surface area contributed by atoms with Crippen LogP contribution in [0.15, 0.2) is 5.51 Å². The summed E-state index contributed by atoms with van der Waals surface area (Å²) in [6.45, 7) is 10.2. The third-order valence-corrected chi connectivity index (χ3v) is 5.37. The Morgan fingerprint density at radius 2 is 2.04 bits per heavy atom. The van der Waals surface area contributed by atoms with E-state index in [2.05, 4.69) is 24.1 Å². The summed E-state index contributed by atoms with van der Waals surface area (Å²) in [5.74, 6) is 0.729. The Hall–Kier alpha value is -1.63. The van der Waals surface area contributed by atoms with Crippen LogP contribution in [0.4, 0.5) is 4.79 Å². The second-order valence-electron chi connectivity index (χ2n) is 8.35. The molecule has 7 heteroatoms. The molecule has 1 saturated carbocycles. The summed E-state index contributed by atoms with van der Waals surface area (Å²) in [5.41, 5.74) is 1.83. The van der Waals surface area contributed by atoms with E-state index in [1.807, 2.05) is 20.8 Å². The number of nitrogens with one attached hydrogen (secondary N) is 1. The predicted molar refractivity (Wildman–Crippen MR) is 104 cm³/mol. The van der Waals surface area contributed by atoms with Crippen LogP contribution in [0, 0.1) is 5.92 Å². The zero-order chi connectivity index (χ0) is 19.5. The highest BCUT2D eigenvalue weighted by Crippen LogP contribution is 2.43. The minimum Gasteiger partial charge on any atom is -0.444 e. The maximum Gasteiger partial charge on any atom is 0.407 e. The molecule has 6 nitrogen and oxygen atoms in total. The van der Waals surface area contributed by atoms with Gasteiger partial charge >= 0.3 is 6.09 Å². The summed E-state index contributed by atoms with van der Waals surface area (Å²) < 4.78 is 5.34. The van der Waals surface area contributed by atoms with Crippen molar-refractivity contribution < 1.29 is 14.3 Å². The molecule has 1 aromatic rings. The number of ether oxygens (including phenoxy) is 1. The van der Waals surface area contributed by atoms with Gasteiger partial charge in [-0.2, -0.15) is 0 Å². The van der Waals surface area contributed by atoms with Gasteiger partial charge in [0.25, 0.3) is 5.91 Å². The number of alkyl carbamates (subject to hydrolysis) is 1. The van der Waals surface area contributed by atoms with Gasteiger partial charge in [0.05, 0.1) is 5.51 Å². The van der Waals surface area contributed by atoms with Crippen LogP contribution >= 0.6 is 11.3 Å². The molecule has 1 aliphatic rings. The van der Waals surface area contributed by atoms with E-state index in [-0.39, 0.29) is 17.9 Å². The van der Waals surface area contributed by atoms with Gasteiger partial charge in [-0.3, -0.25) is 4.79 Å². The number of aromatic nitrogens is 1. The largest absolute Gasteiger partial charge is 0.444 e. The lowest BCUT2D eigenvalue weighted by Gasteiger charge is -2.27. The number of carbonyl (C=O) groups excluding carboxylic acids is 2. The van der Waals surface area contributed by atoms with Crippen LogP contribution in [0.1, 0.15) is 75.2 Å². The smallest absolute Gasteiger partial charge is 0.407 e. The summed E-state index contributed by atoms with van der Waals surface area (Å²) in [4.78, 5) is 31.9. The quantitative estimate of drug-likeness (QED) is 0.774. The van der Waals surface area contributed by atoms with E-state index in [9.17, 15) is 9.59 Å². The maximum absolute atomic E-state index is 12.7. The van der Waals surface area contributed by atoms with Crippen LogP contribution in [0.5, 0.6) is 0 Å². The topological polar surface area (TPSA) is 71.5 Å². The van der Waals surface area contributed by atoms with Gasteiger partial charge in [-0.1, -0.05) is 13.8 Å². The first kappa shape index (κ1) is 20.7. The van der Waals surface area contributed by atoms with Crippen LogP contribution in [-0.4, -0.2) is 47.1 Å². The molecule has 2 rings (SSSR count). The van der Waals surface area contributed by atoms with E-state index in [0.717, 1.165) is 17.7 Å². The first-order chi connectivity index (χ1) is 12.1. The molecule has 2 amide bonds. The van der Waals surface area contributed by atoms with Gasteiger partial charge in [-0.25, -0.2) is 9.78 Å². The molecule has 1 aromatic heterocycles. The van der Waals surface area contributed by atoms with Crippen molar-refractivity contribution >= 4 is 23.3 Å². The number of thiazole rings is 1. The van der Waals surface area contributed by atoms with E-state index in [1.54, 1.807) is 28.8 Å². The summed E-state index contributed by atoms with van der Waals surface area (Å²) in [7, 11) is 1.79. The molecular weight excluding hydrogens is 350 g/mol. The maximum atomic E-state index is 12.7. The van der Waals surface area contributed by atoms with Crippen molar-refractivity contribution in [3.63, 3.8) is 0 Å². The zero-order valence-corrected chi connectivity index (χ0v) is 17.5. The molecule has 0 radical (unpaired) electrons. The Morgan fingerprint density at radius 3 is 2.58 bits per heavy atom. The van der Waals surface area contributed by atoms with E-state index in [1.165, 1.54) is 0 Å². The Morgan fingerprint density at radius 1 is 1.38 bits per heavy atom. The average Bonchev–Trinajstić information content (AvgIpc) is 3.25. The monoisotopic (exact) mass is 381 g/mol. The molecule has 1 aliphatic carbocycles. The number of amides is 2. The molecule has 1 fully saturated rings. The molecule has 26 heavy (non-hydrogen) atoms. The van der Waals surface area contributed by atoms with Gasteiger partial charge in [0.1, 0.15) is 11.3 Å². The Kier molecular flexibility index (Phi) is 6.66. The molecule has 0 saturated heterocycles. The molecular formula is C19H31N3O3S. The molecule has 0 aliphatic heterocycles. The Bertz CT molecular complexity index is 632. The second-order valence-corrected chi connectivity index (χ2v) is 9.24. The molecule has 1 unspecified atom stereocenters. The van der Waals surface area contributed by atoms with E-state index in [0.29, 0.717) is 24.6 Å². The molecule has 0 bridgehead atoms. The summed E-state index contributed by atoms with van der Waals surface area (Å²) in [6.07, 6.45) is 2.56. The number of nitrogens with zero attached hydrogens (tertiary/aromatic N) is 2. The van der Waals surface area contributed by atoms with Crippen LogP contribution in [-0.2, 0) is 4.74 Å². The SMILES string of the molecule is CC(C)C(CCN(C)C(=O)c1ncsc1C1CC1)NC(=O)OC(C)(C)C. The van der Waals surface area contributed by atoms with Crippen LogP contribution in [0.2, 0.25) is 0 Å². The minimum absolute atomic E-state index is 0.0343. The number of hydrogen-bond donors (Lipinski definition) is 1. The highest BCUT2D eigenvalue weighted by molar-refractivity contribution is 7.10. The van der Waals surface area contributed by atoms with Gasteiger partial charge in [0.15, 0.2) is 0 Å². The van der Waals surface area contributed by atoms with Gasteiger partial charge in [-0.05, 0) is 51.9 Å². The normalized spacial score (nSPS) is 15.7. The lowest BCUT2D eigenvalue weighted by Crippen LogP contribution is -2.43. The standard InChI is InChI=1S/C19H31N3O3S/c1-12(2)14(21-18(24)25-19(3,4)5)9-10-22(6)17(23)15-16(13-7-8-13)26-11-20-15/h11-14H,7-10H2,1-6H3,(H,21,24). The van der Waals surface area contributed by atoms with E-state index in [4.69, 9.17) is 4.74 Å². The average molecular weight is 382 g/mol. The number of carbonyl (C=O) groups is 2. The van der Waals surface area contributed by atoms with Crippen molar-refractivity contribution in [1.82, 2.24) is 15.2 Å². The highest BCUT2D eigenvalue weighted by atomic mass is 32.1. The van der Waals surface area contributed by atoms with Crippen LogP contribution in [0.25, 0.3) is 0 Å². The fourth-order valence-corrected chi connectivity index (χ4v) is 3.65. The fraction of sp³-hybridized carbons (Fsp3) is 0.737. The lowest BCUT2D eigenvalue weighted by atomic mass is 10.0. The molecule has 1 N–H and O–H groups in total. The number of hydrogen-bond acceptors (Lipinski definition) is 5. The molecule has 146 valence electrons. The summed E-state index contributed by atoms with van der Waals surface area (Å²) in [5, 5.41) is 2.93. The second kappa shape index (κ2) is 8.37. The number of rotatable bonds is 7. The van der Waals surface area contributed by atoms with Gasteiger partial charge in [0.2, 0.25) is 0 Å². The van der Waals surface area contributed by atoms with Gasteiger partial charge < -0.3 is 15.0 Å². The zero-order valence-electron chi connectivity index (χ0n) is 16.7. The van der Waals surface area contributed by atoms with E-state index < -0.39 is 11.7 Å². The highest BCUT2D eigenvalue weighted by Gasteiger charge is 2.31. The van der Waals surface area contributed by atoms with Crippen LogP contribution < -0.4 is 5.32 Å². The Balaban J connectivity index is 1.90. The van der Waals surface area contributed by atoms with Crippen LogP contribution in [0.3, 0.4) is 0 Å². The predicted octanol–water partition coefficient (Wildman–Crippen LogP) is 4.03. The molecule has 0 spiro atoms. The van der Waals surface area contributed by atoms with Crippen molar-refractivity contribution in [1.29, 1.82) is 0 Å². The third-order valence-electron chi connectivity index (χ3n) is 4.37. The molecule has 1 atom stereocenters. The van der Waals surface area contributed by atoms with Crippen molar-refractivity contribution in [3.8, 4) is 0 Å². The first-order valence-corrected chi connectivity index (χ1v) is 10.1. The van der Waals surface area contributed by atoms with Crippen molar-refractivity contribution in [2.45, 2.75) is 71.4 Å². The summed E-state index contributed by atoms with van der Waals surface area (Å²) >= 11 is 1.58. The Labute approximate surface area is 160 Å². The minimum atomic E-state index is -0.526. The lowest BCUT2D eigenvalue weighted by molar-refractivity contribution is 0.0484. The molecule has 1 heterocycles. The van der Waals surface area contributed by atoms with Crippen molar-refractivity contribution in [2.75, 3.05) is 13.6 Å². The molecule has 0 aromatic carbocycles. The van der Waals surface area contributed by atoms with Gasteiger partial charge in [-0.15, -0.1) is 11.3 Å². The summed E-state index contributed by atoms with van der Waals surface area (Å²) in [6, 6.07) is -0.0570. The first-order valence-electron chi connectivity index (χ1n) is 9.27. The van der Waals surface area contributed by atoms with Crippen molar-refractivity contribution in [2.24, 2.45) is 5.92 Å².